The Hall–Kier alpha value is -1.52. The van der Waals surface area contributed by atoms with Gasteiger partial charge < -0.3 is 5.32 Å². The molecule has 0 radical (unpaired) electrons. The van der Waals surface area contributed by atoms with Crippen LogP contribution in [0, 0.1) is 9.39 Å². The fourth-order valence-corrected chi connectivity index (χ4v) is 3.21. The molecule has 2 rings (SSSR count). The topological polar surface area (TPSA) is 89.3 Å². The molecule has 5 nitrogen and oxygen atoms in total. The first kappa shape index (κ1) is 16.8. The maximum Gasteiger partial charge on any atom is 0.256 e. The van der Waals surface area contributed by atoms with Crippen LogP contribution < -0.4 is 10.5 Å². The lowest BCUT2D eigenvalue weighted by Crippen LogP contribution is -2.16. The molecule has 0 atom stereocenters. The highest BCUT2D eigenvalue weighted by Crippen LogP contribution is 2.17. The molecular weight excluding hydrogens is 422 g/mol. The largest absolute Gasteiger partial charge is 0.322 e. The van der Waals surface area contributed by atoms with Gasteiger partial charge >= 0.3 is 0 Å². The summed E-state index contributed by atoms with van der Waals surface area (Å²) >= 11 is 1.87. The summed E-state index contributed by atoms with van der Waals surface area (Å²) in [7, 11) is -3.64. The number of nitrogens with two attached hydrogens (primary N) is 1. The molecule has 0 aromatic heterocycles. The Kier molecular flexibility index (Phi) is 5.14. The number of hydrogen-bond acceptors (Lipinski definition) is 3. The van der Waals surface area contributed by atoms with Crippen molar-refractivity contribution in [1.29, 1.82) is 0 Å². The van der Waals surface area contributed by atoms with Crippen LogP contribution in [0.4, 0.5) is 10.1 Å². The molecule has 0 saturated heterocycles. The number of benzene rings is 2. The van der Waals surface area contributed by atoms with Crippen molar-refractivity contribution in [3.8, 4) is 0 Å². The summed E-state index contributed by atoms with van der Waals surface area (Å²) in [5, 5.41) is 7.64. The van der Waals surface area contributed by atoms with Crippen molar-refractivity contribution in [2.24, 2.45) is 5.14 Å². The summed E-state index contributed by atoms with van der Waals surface area (Å²) in [6.45, 7) is 0. The molecule has 0 spiro atoms. The number of amides is 1. The molecule has 8 heteroatoms. The molecule has 0 saturated carbocycles. The molecule has 0 aliphatic carbocycles. The zero-order chi connectivity index (χ0) is 16.3. The summed E-state index contributed by atoms with van der Waals surface area (Å²) in [4.78, 5) is 12.2. The molecular formula is C14H12FIN2O3S. The maximum atomic E-state index is 13.0. The number of anilines is 1. The van der Waals surface area contributed by atoms with Gasteiger partial charge in [0, 0.05) is 9.26 Å². The van der Waals surface area contributed by atoms with Gasteiger partial charge in [0.1, 0.15) is 5.82 Å². The Balaban J connectivity index is 2.20. The highest BCUT2D eigenvalue weighted by Gasteiger charge is 2.12. The van der Waals surface area contributed by atoms with Gasteiger partial charge in [0.25, 0.3) is 5.91 Å². The van der Waals surface area contributed by atoms with Crippen molar-refractivity contribution in [2.45, 2.75) is 5.75 Å². The smallest absolute Gasteiger partial charge is 0.256 e. The summed E-state index contributed by atoms with van der Waals surface area (Å²) < 4.78 is 35.7. The molecule has 0 fully saturated rings. The number of sulfonamides is 1. The first-order chi connectivity index (χ1) is 10.2. The van der Waals surface area contributed by atoms with Crippen LogP contribution in [-0.2, 0) is 15.8 Å². The number of carbonyl (C=O) groups excluding carboxylic acids is 1. The van der Waals surface area contributed by atoms with E-state index in [1.165, 1.54) is 24.3 Å². The number of halogens is 2. The lowest BCUT2D eigenvalue weighted by Gasteiger charge is -2.08. The van der Waals surface area contributed by atoms with Crippen molar-refractivity contribution in [1.82, 2.24) is 0 Å². The van der Waals surface area contributed by atoms with E-state index in [0.717, 1.165) is 0 Å². The van der Waals surface area contributed by atoms with Crippen molar-refractivity contribution in [3.05, 3.63) is 63.0 Å². The SMILES string of the molecule is NS(=O)(=O)Cc1cccc(NC(=O)c2ccc(F)cc2I)c1. The second-order valence-electron chi connectivity index (χ2n) is 4.59. The summed E-state index contributed by atoms with van der Waals surface area (Å²) in [6, 6.07) is 10.2. The van der Waals surface area contributed by atoms with Crippen LogP contribution in [-0.4, -0.2) is 14.3 Å². The average molecular weight is 434 g/mol. The number of rotatable bonds is 4. The van der Waals surface area contributed by atoms with Gasteiger partial charge in [-0.3, -0.25) is 4.79 Å². The second-order valence-corrected chi connectivity index (χ2v) is 7.36. The quantitative estimate of drug-likeness (QED) is 0.725. The van der Waals surface area contributed by atoms with Crippen LogP contribution in [0.5, 0.6) is 0 Å². The molecule has 116 valence electrons. The third-order valence-electron chi connectivity index (χ3n) is 2.73. The van der Waals surface area contributed by atoms with Crippen molar-refractivity contribution in [2.75, 3.05) is 5.32 Å². The van der Waals surface area contributed by atoms with E-state index < -0.39 is 21.7 Å². The van der Waals surface area contributed by atoms with Gasteiger partial charge in [0.2, 0.25) is 10.0 Å². The number of hydrogen-bond donors (Lipinski definition) is 2. The molecule has 3 N–H and O–H groups in total. The lowest BCUT2D eigenvalue weighted by molar-refractivity contribution is 0.102. The van der Waals surface area contributed by atoms with E-state index in [1.807, 2.05) is 22.6 Å². The predicted molar refractivity (Wildman–Crippen MR) is 90.3 cm³/mol. The van der Waals surface area contributed by atoms with Gasteiger partial charge in [0.05, 0.1) is 11.3 Å². The van der Waals surface area contributed by atoms with Gasteiger partial charge in [-0.2, -0.15) is 0 Å². The zero-order valence-electron chi connectivity index (χ0n) is 11.2. The Morgan fingerprint density at radius 3 is 2.59 bits per heavy atom. The minimum Gasteiger partial charge on any atom is -0.322 e. The van der Waals surface area contributed by atoms with Crippen molar-refractivity contribution >= 4 is 44.2 Å². The Morgan fingerprint density at radius 2 is 1.95 bits per heavy atom. The fraction of sp³-hybridized carbons (Fsp3) is 0.0714. The first-order valence-electron chi connectivity index (χ1n) is 6.10. The van der Waals surface area contributed by atoms with Gasteiger partial charge in [-0.15, -0.1) is 0 Å². The number of carbonyl (C=O) groups is 1. The van der Waals surface area contributed by atoms with Crippen LogP contribution in [0.25, 0.3) is 0 Å². The van der Waals surface area contributed by atoms with Crippen LogP contribution in [0.3, 0.4) is 0 Å². The molecule has 0 bridgehead atoms. The summed E-state index contributed by atoms with van der Waals surface area (Å²) in [6.07, 6.45) is 0. The molecule has 0 unspecified atom stereocenters. The van der Waals surface area contributed by atoms with E-state index in [2.05, 4.69) is 5.32 Å². The van der Waals surface area contributed by atoms with Crippen molar-refractivity contribution < 1.29 is 17.6 Å². The molecule has 22 heavy (non-hydrogen) atoms. The van der Waals surface area contributed by atoms with E-state index in [9.17, 15) is 17.6 Å². The standard InChI is InChI=1S/C14H12FIN2O3S/c15-10-4-5-12(13(16)7-10)14(19)18-11-3-1-2-9(6-11)8-22(17,20)21/h1-7H,8H2,(H,18,19)(H2,17,20,21). The van der Waals surface area contributed by atoms with Crippen LogP contribution >= 0.6 is 22.6 Å². The minimum absolute atomic E-state index is 0.315. The molecule has 0 aliphatic rings. The molecule has 2 aromatic rings. The molecule has 1 amide bonds. The van der Waals surface area contributed by atoms with E-state index in [1.54, 1.807) is 18.2 Å². The number of nitrogens with one attached hydrogen (secondary N) is 1. The van der Waals surface area contributed by atoms with E-state index in [0.29, 0.717) is 20.4 Å². The Labute approximate surface area is 140 Å². The van der Waals surface area contributed by atoms with Gasteiger partial charge in [-0.05, 0) is 58.5 Å². The predicted octanol–water partition coefficient (Wildman–Crippen LogP) is 2.47. The summed E-state index contributed by atoms with van der Waals surface area (Å²) in [5.41, 5.74) is 1.24. The normalized spacial score (nSPS) is 11.2. The molecule has 2 aromatic carbocycles. The average Bonchev–Trinajstić information content (AvgIpc) is 2.36. The first-order valence-corrected chi connectivity index (χ1v) is 8.90. The number of primary sulfonamides is 1. The van der Waals surface area contributed by atoms with Gasteiger partial charge in [-0.1, -0.05) is 12.1 Å². The second kappa shape index (κ2) is 6.71. The molecule has 0 heterocycles. The van der Waals surface area contributed by atoms with Crippen LogP contribution in [0.1, 0.15) is 15.9 Å². The fourth-order valence-electron chi connectivity index (χ4n) is 1.84. The van der Waals surface area contributed by atoms with Crippen LogP contribution in [0.15, 0.2) is 42.5 Å². The van der Waals surface area contributed by atoms with Crippen LogP contribution in [0.2, 0.25) is 0 Å². The van der Waals surface area contributed by atoms with E-state index >= 15 is 0 Å². The highest BCUT2D eigenvalue weighted by molar-refractivity contribution is 14.1. The third kappa shape index (κ3) is 4.75. The van der Waals surface area contributed by atoms with E-state index in [-0.39, 0.29) is 5.75 Å². The monoisotopic (exact) mass is 434 g/mol. The van der Waals surface area contributed by atoms with Gasteiger partial charge in [-0.25, -0.2) is 17.9 Å². The van der Waals surface area contributed by atoms with Crippen molar-refractivity contribution in [3.63, 3.8) is 0 Å². The zero-order valence-corrected chi connectivity index (χ0v) is 14.2. The maximum absolute atomic E-state index is 13.0. The lowest BCUT2D eigenvalue weighted by atomic mass is 10.2. The van der Waals surface area contributed by atoms with E-state index in [4.69, 9.17) is 5.14 Å². The third-order valence-corrected chi connectivity index (χ3v) is 4.36. The van der Waals surface area contributed by atoms with Gasteiger partial charge in [0.15, 0.2) is 0 Å². The summed E-state index contributed by atoms with van der Waals surface area (Å²) in [5.74, 6) is -1.14. The Morgan fingerprint density at radius 1 is 1.23 bits per heavy atom. The molecule has 0 aliphatic heterocycles. The minimum atomic E-state index is -3.64. The highest BCUT2D eigenvalue weighted by atomic mass is 127. The Bertz CT molecular complexity index is 825.